The summed E-state index contributed by atoms with van der Waals surface area (Å²) in [4.78, 5) is 0. The zero-order valence-electron chi connectivity index (χ0n) is 4.11. The number of hydrogen-bond acceptors (Lipinski definition) is 1. The van der Waals surface area contributed by atoms with E-state index in [1.165, 1.54) is 11.7 Å². The summed E-state index contributed by atoms with van der Waals surface area (Å²) in [6, 6.07) is 0. The van der Waals surface area contributed by atoms with E-state index in [2.05, 4.69) is 22.9 Å². The van der Waals surface area contributed by atoms with Gasteiger partial charge in [-0.1, -0.05) is 0 Å². The summed E-state index contributed by atoms with van der Waals surface area (Å²) >= 11 is 8.61. The van der Waals surface area contributed by atoms with Gasteiger partial charge in [-0.15, -0.1) is 0 Å². The van der Waals surface area contributed by atoms with Gasteiger partial charge in [0.2, 0.25) is 0 Å². The molecule has 0 unspecified atom stereocenters. The van der Waals surface area contributed by atoms with Gasteiger partial charge in [-0.2, -0.15) is 0 Å². The monoisotopic (exact) mass is 246 g/mol. The first kappa shape index (κ1) is 8.09. The van der Waals surface area contributed by atoms with E-state index in [0.29, 0.717) is 15.0 Å². The summed E-state index contributed by atoms with van der Waals surface area (Å²) in [7, 11) is 0. The second-order valence-corrected chi connectivity index (χ2v) is 6.90. The Kier molecular flexibility index (Phi) is 6.04. The molecule has 0 aromatic rings. The average molecular weight is 246 g/mol. The third kappa shape index (κ3) is 7.09. The van der Waals surface area contributed by atoms with Crippen molar-refractivity contribution >= 4 is 45.8 Å². The van der Waals surface area contributed by atoms with E-state index in [1.807, 2.05) is 0 Å². The van der Waals surface area contributed by atoms with E-state index in [1.54, 1.807) is 0 Å². The van der Waals surface area contributed by atoms with Crippen LogP contribution in [0.25, 0.3) is 0 Å². The molecule has 7 heavy (non-hydrogen) atoms. The molecule has 0 atom stereocenters. The van der Waals surface area contributed by atoms with Crippen LogP contribution in [-0.2, 0) is 0 Å². The molecule has 0 fully saturated rings. The molecule has 0 aliphatic carbocycles. The SMILES string of the molecule is CCC[Se]C(=S)Br. The predicted octanol–water partition coefficient (Wildman–Crippen LogP) is 2.20. The van der Waals surface area contributed by atoms with Crippen molar-refractivity contribution in [1.82, 2.24) is 0 Å². The summed E-state index contributed by atoms with van der Waals surface area (Å²) in [5.41, 5.74) is 0. The average Bonchev–Trinajstić information content (AvgIpc) is 1.61. The Hall–Kier alpha value is 1.09. The molecule has 0 saturated heterocycles. The molecular formula is C4H7BrSSe. The molecule has 0 rings (SSSR count). The quantitative estimate of drug-likeness (QED) is 0.418. The number of thiocarbonyl (C=S) groups is 1. The van der Waals surface area contributed by atoms with Crippen molar-refractivity contribution in [3.63, 3.8) is 0 Å². The van der Waals surface area contributed by atoms with Crippen molar-refractivity contribution in [3.8, 4) is 0 Å². The second kappa shape index (κ2) is 5.23. The molecule has 0 bridgehead atoms. The Morgan fingerprint density at radius 1 is 1.86 bits per heavy atom. The van der Waals surface area contributed by atoms with E-state index in [0.717, 1.165) is 2.67 Å². The summed E-state index contributed by atoms with van der Waals surface area (Å²) in [5.74, 6) is 0. The van der Waals surface area contributed by atoms with Crippen molar-refractivity contribution in [3.05, 3.63) is 0 Å². The molecule has 0 nitrogen and oxygen atoms in total. The predicted molar refractivity (Wildman–Crippen MR) is 42.4 cm³/mol. The van der Waals surface area contributed by atoms with Crippen LogP contribution < -0.4 is 0 Å². The zero-order chi connectivity index (χ0) is 5.70. The summed E-state index contributed by atoms with van der Waals surface area (Å²) in [6.45, 7) is 2.17. The molecule has 0 aliphatic rings. The van der Waals surface area contributed by atoms with Crippen molar-refractivity contribution < 1.29 is 0 Å². The van der Waals surface area contributed by atoms with Gasteiger partial charge in [-0.25, -0.2) is 0 Å². The van der Waals surface area contributed by atoms with Gasteiger partial charge >= 0.3 is 64.4 Å². The molecule has 0 spiro atoms. The number of rotatable bonds is 3. The van der Waals surface area contributed by atoms with Crippen molar-refractivity contribution in [1.29, 1.82) is 0 Å². The van der Waals surface area contributed by atoms with Crippen LogP contribution in [0.2, 0.25) is 5.32 Å². The molecular weight excluding hydrogens is 239 g/mol. The molecule has 0 N–H and O–H groups in total. The fourth-order valence-electron chi connectivity index (χ4n) is 0.182. The van der Waals surface area contributed by atoms with E-state index in [-0.39, 0.29) is 0 Å². The van der Waals surface area contributed by atoms with E-state index >= 15 is 0 Å². The minimum absolute atomic E-state index is 0.573. The third-order valence-corrected chi connectivity index (χ3v) is 3.98. The molecule has 3 heteroatoms. The summed E-state index contributed by atoms with van der Waals surface area (Å²) < 4.78 is 1.02. The fraction of sp³-hybridized carbons (Fsp3) is 0.750. The van der Waals surface area contributed by atoms with Gasteiger partial charge in [-0.05, 0) is 0 Å². The van der Waals surface area contributed by atoms with Crippen LogP contribution in [-0.4, -0.2) is 17.6 Å². The van der Waals surface area contributed by atoms with Crippen LogP contribution in [0.5, 0.6) is 0 Å². The molecule has 0 radical (unpaired) electrons. The molecule has 0 aromatic heterocycles. The van der Waals surface area contributed by atoms with Gasteiger partial charge in [-0.3, -0.25) is 0 Å². The Balaban J connectivity index is 2.82. The first-order valence-electron chi connectivity index (χ1n) is 2.09. The normalized spacial score (nSPS) is 8.86. The van der Waals surface area contributed by atoms with Crippen LogP contribution in [0.3, 0.4) is 0 Å². The maximum absolute atomic E-state index is 4.81. The van der Waals surface area contributed by atoms with Gasteiger partial charge in [0.05, 0.1) is 0 Å². The van der Waals surface area contributed by atoms with E-state index in [9.17, 15) is 0 Å². The van der Waals surface area contributed by atoms with Gasteiger partial charge in [0, 0.05) is 0 Å². The van der Waals surface area contributed by atoms with Crippen LogP contribution in [0, 0.1) is 0 Å². The van der Waals surface area contributed by atoms with Crippen LogP contribution in [0.15, 0.2) is 0 Å². The molecule has 42 valence electrons. The molecule has 0 heterocycles. The first-order valence-corrected chi connectivity index (χ1v) is 5.36. The van der Waals surface area contributed by atoms with Gasteiger partial charge in [0.15, 0.2) is 0 Å². The maximum atomic E-state index is 4.81. The van der Waals surface area contributed by atoms with Gasteiger partial charge in [0.1, 0.15) is 0 Å². The standard InChI is InChI=1S/C4H7BrSSe/c1-2-3-7-4(5)6/h2-3H2,1H3. The van der Waals surface area contributed by atoms with E-state index in [4.69, 9.17) is 12.2 Å². The molecule has 0 aromatic carbocycles. The summed E-state index contributed by atoms with van der Waals surface area (Å²) in [5, 5.41) is 1.27. The van der Waals surface area contributed by atoms with Crippen LogP contribution in [0.1, 0.15) is 13.3 Å². The number of hydrogen-bond donors (Lipinski definition) is 0. The Morgan fingerprint density at radius 3 is 2.57 bits per heavy atom. The topological polar surface area (TPSA) is 0 Å². The molecule has 0 saturated carbocycles. The Morgan fingerprint density at radius 2 is 2.43 bits per heavy atom. The summed E-state index contributed by atoms with van der Waals surface area (Å²) in [6.07, 6.45) is 1.26. The minimum atomic E-state index is 0.573. The fourth-order valence-corrected chi connectivity index (χ4v) is 2.22. The van der Waals surface area contributed by atoms with Crippen LogP contribution in [0.4, 0.5) is 0 Å². The third-order valence-electron chi connectivity index (χ3n) is 0.420. The van der Waals surface area contributed by atoms with Gasteiger partial charge < -0.3 is 0 Å². The first-order chi connectivity index (χ1) is 3.27. The Labute approximate surface area is 64.3 Å². The number of halogens is 1. The Bertz CT molecular complexity index is 64.7. The van der Waals surface area contributed by atoms with Gasteiger partial charge in [0.25, 0.3) is 0 Å². The van der Waals surface area contributed by atoms with E-state index < -0.39 is 0 Å². The van der Waals surface area contributed by atoms with Crippen molar-refractivity contribution in [2.45, 2.75) is 18.7 Å². The second-order valence-electron chi connectivity index (χ2n) is 1.09. The molecule has 0 amide bonds. The molecule has 0 aliphatic heterocycles. The van der Waals surface area contributed by atoms with Crippen LogP contribution >= 0.6 is 28.1 Å². The van der Waals surface area contributed by atoms with Crippen molar-refractivity contribution in [2.24, 2.45) is 0 Å². The zero-order valence-corrected chi connectivity index (χ0v) is 8.22. The van der Waals surface area contributed by atoms with Crippen molar-refractivity contribution in [2.75, 3.05) is 0 Å².